The molecule has 3 aliphatic rings. The lowest BCUT2D eigenvalue weighted by Gasteiger charge is -2.66. The fraction of sp³-hybridized carbons (Fsp3) is 0.667. The third-order valence-electron chi connectivity index (χ3n) is 10.2. The van der Waals surface area contributed by atoms with E-state index in [0.29, 0.717) is 11.1 Å². The van der Waals surface area contributed by atoms with Crippen molar-refractivity contribution in [3.8, 4) is 5.75 Å². The van der Waals surface area contributed by atoms with Crippen LogP contribution in [0.5, 0.6) is 5.75 Å². The van der Waals surface area contributed by atoms with Crippen LogP contribution in [0.2, 0.25) is 0 Å². The van der Waals surface area contributed by atoms with Crippen LogP contribution in [0, 0.1) is 34.5 Å². The van der Waals surface area contributed by atoms with Gasteiger partial charge in [-0.15, -0.1) is 0 Å². The summed E-state index contributed by atoms with van der Waals surface area (Å²) in [4.78, 5) is 52.8. The van der Waals surface area contributed by atoms with Crippen LogP contribution in [0.3, 0.4) is 0 Å². The number of aliphatic hydroxyl groups is 3. The van der Waals surface area contributed by atoms with E-state index in [4.69, 9.17) is 5.73 Å². The first-order valence-corrected chi connectivity index (χ1v) is 14.5. The van der Waals surface area contributed by atoms with Gasteiger partial charge in [-0.25, -0.2) is 5.32 Å². The maximum absolute atomic E-state index is 14.3. The highest BCUT2D eigenvalue weighted by Gasteiger charge is 2.76. The summed E-state index contributed by atoms with van der Waals surface area (Å²) >= 11 is 0. The number of alkyl halides is 3. The van der Waals surface area contributed by atoms with E-state index < -0.39 is 94.3 Å². The standard InChI is InChI=1S/C30H40F3N3O8/c1-11(2)13-7-15(36-16(37)9-35-30(31,32)33)21(38)17-14(13)8-27(5)10-28(6)19(12(3)4)23(40)18(26(34)43)24(41)29(28,44)25(42)20(27)22(17)39/h7,11-12,18-20,23,25,35,38,40,42,44H,8-10H2,1-6H3,(H2,34,43)(H,36,37)/t18-,19+,20-,23?,25?,27-,28-,29+/m1/s1. The number of carbonyl (C=O) groups is 4. The highest BCUT2D eigenvalue weighted by Crippen LogP contribution is 2.66. The van der Waals surface area contributed by atoms with Gasteiger partial charge < -0.3 is 31.5 Å². The number of hydrogen-bond acceptors (Lipinski definition) is 9. The van der Waals surface area contributed by atoms with E-state index >= 15 is 0 Å². The molecule has 8 atom stereocenters. The number of anilines is 1. The second kappa shape index (κ2) is 10.8. The number of phenols is 1. The molecule has 1 aromatic rings. The molecule has 4 rings (SSSR count). The van der Waals surface area contributed by atoms with Crippen molar-refractivity contribution >= 4 is 29.1 Å². The van der Waals surface area contributed by atoms with Crippen molar-refractivity contribution in [1.29, 1.82) is 0 Å². The molecule has 2 unspecified atom stereocenters. The fourth-order valence-corrected chi connectivity index (χ4v) is 8.61. The number of fused-ring (bicyclic) bond motifs is 3. The predicted molar refractivity (Wildman–Crippen MR) is 150 cm³/mol. The van der Waals surface area contributed by atoms with Gasteiger partial charge >= 0.3 is 6.30 Å². The second-order valence-electron chi connectivity index (χ2n) is 13.8. The Morgan fingerprint density at radius 1 is 1.14 bits per heavy atom. The van der Waals surface area contributed by atoms with E-state index in [1.807, 2.05) is 0 Å². The number of benzene rings is 1. The summed E-state index contributed by atoms with van der Waals surface area (Å²) in [6.45, 7) is 9.15. The van der Waals surface area contributed by atoms with Gasteiger partial charge in [0.25, 0.3) is 0 Å². The van der Waals surface area contributed by atoms with Gasteiger partial charge in [0.05, 0.1) is 29.8 Å². The number of halogens is 3. The molecule has 0 saturated heterocycles. The number of carbonyl (C=O) groups excluding carboxylic acids is 4. The second-order valence-corrected chi connectivity index (χ2v) is 13.8. The summed E-state index contributed by atoms with van der Waals surface area (Å²) in [5, 5.41) is 49.8. The van der Waals surface area contributed by atoms with Crippen molar-refractivity contribution < 1.29 is 52.8 Å². The molecule has 0 bridgehead atoms. The first-order chi connectivity index (χ1) is 20.0. The average Bonchev–Trinajstić information content (AvgIpc) is 2.85. The van der Waals surface area contributed by atoms with E-state index in [1.165, 1.54) is 6.07 Å². The van der Waals surface area contributed by atoms with Crippen molar-refractivity contribution in [3.63, 3.8) is 0 Å². The lowest BCUT2D eigenvalue weighted by molar-refractivity contribution is -0.265. The van der Waals surface area contributed by atoms with E-state index in [2.05, 4.69) is 5.32 Å². The number of nitrogens with two attached hydrogens (primary N) is 1. The first kappa shape index (κ1) is 33.8. The Balaban J connectivity index is 1.89. The first-order valence-electron chi connectivity index (χ1n) is 14.5. The van der Waals surface area contributed by atoms with Crippen LogP contribution in [0.25, 0.3) is 0 Å². The molecule has 244 valence electrons. The lowest BCUT2D eigenvalue weighted by atomic mass is 9.39. The number of Topliss-reactive ketones (excluding diaryl/α,β-unsaturated/α-hetero) is 2. The monoisotopic (exact) mass is 627 g/mol. The number of hydrogen-bond donors (Lipinski definition) is 7. The van der Waals surface area contributed by atoms with E-state index in [9.17, 15) is 52.8 Å². The molecule has 3 aliphatic carbocycles. The number of ketones is 2. The van der Waals surface area contributed by atoms with E-state index in [0.717, 1.165) is 5.32 Å². The molecule has 0 spiro atoms. The van der Waals surface area contributed by atoms with Crippen LogP contribution in [0.1, 0.15) is 75.4 Å². The summed E-state index contributed by atoms with van der Waals surface area (Å²) in [5.74, 6) is -10.0. The van der Waals surface area contributed by atoms with Crippen LogP contribution >= 0.6 is 0 Å². The fourth-order valence-electron chi connectivity index (χ4n) is 8.61. The quantitative estimate of drug-likeness (QED) is 0.139. The normalized spacial score (nSPS) is 35.3. The summed E-state index contributed by atoms with van der Waals surface area (Å²) in [6, 6.07) is 1.39. The number of rotatable bonds is 6. The molecule has 2 fully saturated rings. The Bertz CT molecular complexity index is 1410. The van der Waals surface area contributed by atoms with Crippen LogP contribution in [0.4, 0.5) is 18.9 Å². The highest BCUT2D eigenvalue weighted by molar-refractivity contribution is 6.10. The summed E-state index contributed by atoms with van der Waals surface area (Å²) in [7, 11) is 0. The van der Waals surface area contributed by atoms with Crippen molar-refractivity contribution in [1.82, 2.24) is 5.32 Å². The minimum Gasteiger partial charge on any atom is -0.505 e. The molecule has 0 radical (unpaired) electrons. The minimum absolute atomic E-state index is 0.0412. The molecule has 2 saturated carbocycles. The van der Waals surface area contributed by atoms with Gasteiger partial charge in [-0.3, -0.25) is 19.2 Å². The summed E-state index contributed by atoms with van der Waals surface area (Å²) in [5.41, 5.74) is 0.433. The molecular weight excluding hydrogens is 587 g/mol. The van der Waals surface area contributed by atoms with Crippen LogP contribution in [-0.2, 0) is 20.8 Å². The number of aliphatic hydroxyl groups excluding tert-OH is 2. The highest BCUT2D eigenvalue weighted by atomic mass is 19.4. The number of primary amides is 1. The predicted octanol–water partition coefficient (Wildman–Crippen LogP) is 1.74. The number of nitrogens with one attached hydrogen (secondary N) is 2. The molecule has 8 N–H and O–H groups in total. The summed E-state index contributed by atoms with van der Waals surface area (Å²) in [6.07, 6.45) is -8.45. The Morgan fingerprint density at radius 3 is 2.23 bits per heavy atom. The maximum atomic E-state index is 14.3. The largest absolute Gasteiger partial charge is 0.505 e. The maximum Gasteiger partial charge on any atom is 0.457 e. The van der Waals surface area contributed by atoms with Crippen molar-refractivity contribution in [3.05, 3.63) is 22.8 Å². The molecule has 11 nitrogen and oxygen atoms in total. The third kappa shape index (κ3) is 4.90. The van der Waals surface area contributed by atoms with E-state index in [1.54, 1.807) is 41.5 Å². The van der Waals surface area contributed by atoms with Gasteiger partial charge in [0.2, 0.25) is 11.8 Å². The van der Waals surface area contributed by atoms with Gasteiger partial charge in [-0.05, 0) is 53.2 Å². The number of aromatic hydroxyl groups is 1. The number of amides is 2. The lowest BCUT2D eigenvalue weighted by Crippen LogP contribution is -2.79. The van der Waals surface area contributed by atoms with Gasteiger partial charge in [0, 0.05) is 5.41 Å². The van der Waals surface area contributed by atoms with Crippen molar-refractivity contribution in [2.75, 3.05) is 11.9 Å². The van der Waals surface area contributed by atoms with Gasteiger partial charge in [0.15, 0.2) is 17.2 Å². The van der Waals surface area contributed by atoms with Crippen LogP contribution < -0.4 is 16.4 Å². The molecule has 1 aromatic carbocycles. The summed E-state index contributed by atoms with van der Waals surface area (Å²) < 4.78 is 37.7. The number of phenolic OH excluding ortho intramolecular Hbond substituents is 1. The average molecular weight is 628 g/mol. The molecule has 0 aromatic heterocycles. The Labute approximate surface area is 252 Å². The third-order valence-corrected chi connectivity index (χ3v) is 10.2. The topological polar surface area (TPSA) is 199 Å². The zero-order chi connectivity index (χ0) is 33.5. The zero-order valence-electron chi connectivity index (χ0n) is 25.4. The van der Waals surface area contributed by atoms with Crippen LogP contribution in [-0.4, -0.2) is 74.5 Å². The zero-order valence-corrected chi connectivity index (χ0v) is 25.4. The Hall–Kier alpha value is -3.07. The Kier molecular flexibility index (Phi) is 8.28. The van der Waals surface area contributed by atoms with Gasteiger partial charge in [0.1, 0.15) is 17.8 Å². The van der Waals surface area contributed by atoms with E-state index in [-0.39, 0.29) is 30.0 Å². The molecule has 0 aliphatic heterocycles. The van der Waals surface area contributed by atoms with Gasteiger partial charge in [-0.2, -0.15) is 13.2 Å². The van der Waals surface area contributed by atoms with Crippen molar-refractivity contribution in [2.24, 2.45) is 40.2 Å². The molecular formula is C30H40F3N3O8. The van der Waals surface area contributed by atoms with Gasteiger partial charge in [-0.1, -0.05) is 41.5 Å². The SMILES string of the molecule is CC(C)c1cc(NC(=O)CNC(F)(F)F)c(O)c2c1C[C@]1(C)C[C@]3(C)[C@@H](C(C)C)C(O)[C@@H](C(N)=O)C(=O)[C@]3(O)C(O)[C@H]1C2=O. The molecule has 2 amide bonds. The molecule has 44 heavy (non-hydrogen) atoms. The minimum atomic E-state index is -4.83. The molecule has 0 heterocycles. The molecule has 14 heteroatoms. The smallest absolute Gasteiger partial charge is 0.457 e. The van der Waals surface area contributed by atoms with Crippen molar-refractivity contribution in [2.45, 2.75) is 84.4 Å². The van der Waals surface area contributed by atoms with Crippen LogP contribution in [0.15, 0.2) is 6.07 Å². The Morgan fingerprint density at radius 2 is 1.73 bits per heavy atom.